The zero-order valence-electron chi connectivity index (χ0n) is 11.0. The fourth-order valence-electron chi connectivity index (χ4n) is 1.94. The van der Waals surface area contributed by atoms with Crippen LogP contribution in [0.5, 0.6) is 5.75 Å². The van der Waals surface area contributed by atoms with Crippen molar-refractivity contribution in [1.82, 2.24) is 5.32 Å². The highest BCUT2D eigenvalue weighted by atomic mass is 79.9. The Morgan fingerprint density at radius 3 is 2.50 bits per heavy atom. The molecule has 0 aliphatic heterocycles. The fourth-order valence-corrected chi connectivity index (χ4v) is 2.35. The average molecular weight is 316 g/mol. The summed E-state index contributed by atoms with van der Waals surface area (Å²) in [5.41, 5.74) is 0.810. The topological polar surface area (TPSA) is 52.5 Å². The number of benzene rings is 1. The molecule has 0 radical (unpaired) electrons. The molecule has 0 unspecified atom stereocenters. The second-order valence-corrected chi connectivity index (χ2v) is 5.66. The van der Waals surface area contributed by atoms with Crippen LogP contribution in [0.15, 0.2) is 22.7 Å². The molecule has 0 spiro atoms. The lowest BCUT2D eigenvalue weighted by molar-refractivity contribution is 0.113. The van der Waals surface area contributed by atoms with Crippen molar-refractivity contribution in [3.63, 3.8) is 0 Å². The van der Waals surface area contributed by atoms with Gasteiger partial charge in [-0.15, -0.1) is 0 Å². The van der Waals surface area contributed by atoms with Gasteiger partial charge in [0.05, 0.1) is 0 Å². The van der Waals surface area contributed by atoms with Crippen molar-refractivity contribution >= 4 is 15.9 Å². The molecule has 18 heavy (non-hydrogen) atoms. The van der Waals surface area contributed by atoms with E-state index in [9.17, 15) is 10.2 Å². The van der Waals surface area contributed by atoms with Gasteiger partial charge in [0.25, 0.3) is 0 Å². The molecule has 3 nitrogen and oxygen atoms in total. The van der Waals surface area contributed by atoms with Gasteiger partial charge in [-0.2, -0.15) is 0 Å². The van der Waals surface area contributed by atoms with Crippen molar-refractivity contribution < 1.29 is 10.2 Å². The summed E-state index contributed by atoms with van der Waals surface area (Å²) in [4.78, 5) is 0. The molecule has 0 aliphatic carbocycles. The minimum atomic E-state index is -0.0539. The van der Waals surface area contributed by atoms with E-state index in [0.29, 0.717) is 12.3 Å². The fraction of sp³-hybridized carbons (Fsp3) is 0.571. The van der Waals surface area contributed by atoms with E-state index < -0.39 is 0 Å². The predicted octanol–water partition coefficient (Wildman–Crippen LogP) is 3.04. The summed E-state index contributed by atoms with van der Waals surface area (Å²) in [7, 11) is 0. The van der Waals surface area contributed by atoms with E-state index in [2.05, 4.69) is 35.1 Å². The van der Waals surface area contributed by atoms with E-state index >= 15 is 0 Å². The largest absolute Gasteiger partial charge is 0.508 e. The van der Waals surface area contributed by atoms with Gasteiger partial charge < -0.3 is 15.5 Å². The van der Waals surface area contributed by atoms with Gasteiger partial charge in [0.2, 0.25) is 0 Å². The second kappa shape index (κ2) is 7.12. The van der Waals surface area contributed by atoms with Crippen molar-refractivity contribution in [2.45, 2.75) is 33.2 Å². The molecule has 1 aromatic rings. The molecule has 0 heterocycles. The van der Waals surface area contributed by atoms with Crippen LogP contribution in [0, 0.1) is 5.41 Å². The van der Waals surface area contributed by atoms with Crippen LogP contribution in [-0.2, 0) is 6.54 Å². The number of hydrogen-bond acceptors (Lipinski definition) is 3. The Labute approximate surface area is 117 Å². The molecular formula is C14H22BrNO2. The van der Waals surface area contributed by atoms with Crippen molar-refractivity contribution in [2.75, 3.05) is 13.2 Å². The minimum Gasteiger partial charge on any atom is -0.508 e. The molecule has 0 aliphatic rings. The highest BCUT2D eigenvalue weighted by Crippen LogP contribution is 2.25. The maximum absolute atomic E-state index is 9.73. The molecule has 0 bridgehead atoms. The number of nitrogens with one attached hydrogen (secondary N) is 1. The van der Waals surface area contributed by atoms with Crippen LogP contribution in [0.4, 0.5) is 0 Å². The summed E-state index contributed by atoms with van der Waals surface area (Å²) < 4.78 is 0.955. The Hall–Kier alpha value is -0.580. The molecule has 0 fully saturated rings. The van der Waals surface area contributed by atoms with Crippen LogP contribution >= 0.6 is 15.9 Å². The van der Waals surface area contributed by atoms with Gasteiger partial charge in [-0.25, -0.2) is 0 Å². The van der Waals surface area contributed by atoms with Crippen LogP contribution in [0.3, 0.4) is 0 Å². The van der Waals surface area contributed by atoms with Gasteiger partial charge in [0.15, 0.2) is 0 Å². The summed E-state index contributed by atoms with van der Waals surface area (Å²) in [6, 6.07) is 5.40. The summed E-state index contributed by atoms with van der Waals surface area (Å²) in [5, 5.41) is 22.5. The quantitative estimate of drug-likeness (QED) is 0.725. The molecule has 0 amide bonds. The Balaban J connectivity index is 2.57. The van der Waals surface area contributed by atoms with Gasteiger partial charge in [-0.05, 0) is 31.0 Å². The van der Waals surface area contributed by atoms with Crippen molar-refractivity contribution in [1.29, 1.82) is 0 Å². The van der Waals surface area contributed by atoms with E-state index in [-0.39, 0.29) is 12.0 Å². The first-order valence-electron chi connectivity index (χ1n) is 6.36. The van der Waals surface area contributed by atoms with Crippen LogP contribution in [0.1, 0.15) is 32.3 Å². The van der Waals surface area contributed by atoms with Gasteiger partial charge in [-0.1, -0.05) is 29.8 Å². The highest BCUT2D eigenvalue weighted by molar-refractivity contribution is 9.10. The van der Waals surface area contributed by atoms with Gasteiger partial charge in [0, 0.05) is 35.1 Å². The lowest BCUT2D eigenvalue weighted by atomic mass is 9.83. The normalized spacial score (nSPS) is 11.8. The summed E-state index contributed by atoms with van der Waals surface area (Å²) in [6.07, 6.45) is 1.88. The summed E-state index contributed by atoms with van der Waals surface area (Å²) in [5.74, 6) is 0.299. The third-order valence-electron chi connectivity index (χ3n) is 3.69. The van der Waals surface area contributed by atoms with Gasteiger partial charge in [0.1, 0.15) is 5.75 Å². The monoisotopic (exact) mass is 315 g/mol. The third kappa shape index (κ3) is 3.97. The Morgan fingerprint density at radius 1 is 1.28 bits per heavy atom. The second-order valence-electron chi connectivity index (χ2n) is 4.74. The average Bonchev–Trinajstić information content (AvgIpc) is 2.39. The number of aliphatic hydroxyl groups excluding tert-OH is 1. The van der Waals surface area contributed by atoms with E-state index in [1.165, 1.54) is 0 Å². The Morgan fingerprint density at radius 2 is 1.94 bits per heavy atom. The minimum absolute atomic E-state index is 0.0539. The zero-order chi connectivity index (χ0) is 13.6. The number of hydrogen-bond donors (Lipinski definition) is 3. The number of aromatic hydroxyl groups is 1. The van der Waals surface area contributed by atoms with E-state index in [1.54, 1.807) is 6.07 Å². The molecular weight excluding hydrogens is 294 g/mol. The van der Waals surface area contributed by atoms with Crippen LogP contribution in [0.2, 0.25) is 0 Å². The Kier molecular flexibility index (Phi) is 6.12. The first-order valence-corrected chi connectivity index (χ1v) is 7.15. The standard InChI is InChI=1S/C14H22BrNO2/c1-3-14(4-2,10-17)9-16-8-11-7-12(15)5-6-13(11)18/h5-7,16-18H,3-4,8-10H2,1-2H3. The molecule has 4 heteroatoms. The van der Waals surface area contributed by atoms with Gasteiger partial charge >= 0.3 is 0 Å². The molecule has 102 valence electrons. The third-order valence-corrected chi connectivity index (χ3v) is 4.19. The van der Waals surface area contributed by atoms with Crippen LogP contribution < -0.4 is 5.32 Å². The molecule has 1 aromatic carbocycles. The lowest BCUT2D eigenvalue weighted by Gasteiger charge is -2.29. The molecule has 0 saturated heterocycles. The molecule has 3 N–H and O–H groups in total. The molecule has 0 atom stereocenters. The number of phenolic OH excluding ortho intramolecular Hbond substituents is 1. The smallest absolute Gasteiger partial charge is 0.120 e. The van der Waals surface area contributed by atoms with E-state index in [4.69, 9.17) is 0 Å². The number of phenols is 1. The summed E-state index contributed by atoms with van der Waals surface area (Å²) >= 11 is 3.39. The molecule has 0 saturated carbocycles. The number of aliphatic hydroxyl groups is 1. The van der Waals surface area contributed by atoms with Gasteiger partial charge in [-0.3, -0.25) is 0 Å². The molecule has 1 rings (SSSR count). The van der Waals surface area contributed by atoms with Crippen molar-refractivity contribution in [2.24, 2.45) is 5.41 Å². The highest BCUT2D eigenvalue weighted by Gasteiger charge is 2.24. The van der Waals surface area contributed by atoms with Crippen LogP contribution in [-0.4, -0.2) is 23.4 Å². The van der Waals surface area contributed by atoms with Crippen molar-refractivity contribution in [3.8, 4) is 5.75 Å². The maximum Gasteiger partial charge on any atom is 0.120 e. The lowest BCUT2D eigenvalue weighted by Crippen LogP contribution is -2.36. The van der Waals surface area contributed by atoms with E-state index in [1.807, 2.05) is 12.1 Å². The first-order chi connectivity index (χ1) is 8.56. The van der Waals surface area contributed by atoms with Crippen LogP contribution in [0.25, 0.3) is 0 Å². The van der Waals surface area contributed by atoms with E-state index in [0.717, 1.165) is 29.4 Å². The van der Waals surface area contributed by atoms with Crippen molar-refractivity contribution in [3.05, 3.63) is 28.2 Å². The SMILES string of the molecule is CCC(CC)(CO)CNCc1cc(Br)ccc1O. The zero-order valence-corrected chi connectivity index (χ0v) is 12.6. The number of halogens is 1. The maximum atomic E-state index is 9.73. The summed E-state index contributed by atoms with van der Waals surface area (Å²) in [6.45, 7) is 5.74. The Bertz CT molecular complexity index is 370. The number of rotatable bonds is 7. The predicted molar refractivity (Wildman–Crippen MR) is 77.6 cm³/mol. The molecule has 0 aromatic heterocycles. The first kappa shape index (κ1) is 15.5.